The van der Waals surface area contributed by atoms with Gasteiger partial charge in [-0.25, -0.2) is 0 Å². The molecule has 4 heteroatoms. The summed E-state index contributed by atoms with van der Waals surface area (Å²) in [7, 11) is 0. The van der Waals surface area contributed by atoms with Crippen LogP contribution in [0.3, 0.4) is 0 Å². The predicted octanol–water partition coefficient (Wildman–Crippen LogP) is 0.637. The van der Waals surface area contributed by atoms with Gasteiger partial charge in [-0.3, -0.25) is 9.78 Å². The van der Waals surface area contributed by atoms with Gasteiger partial charge in [-0.15, -0.1) is 0 Å². The van der Waals surface area contributed by atoms with Crippen molar-refractivity contribution in [2.45, 2.75) is 20.1 Å². The van der Waals surface area contributed by atoms with Crippen molar-refractivity contribution in [3.8, 4) is 0 Å². The predicted molar refractivity (Wildman–Crippen MR) is 45.6 cm³/mol. The monoisotopic (exact) mass is 181 g/mol. The van der Waals surface area contributed by atoms with Gasteiger partial charge in [-0.1, -0.05) is 0 Å². The van der Waals surface area contributed by atoms with Gasteiger partial charge in [0.15, 0.2) is 0 Å². The van der Waals surface area contributed by atoms with Crippen LogP contribution in [0.1, 0.15) is 18.1 Å². The minimum atomic E-state index is -0.333. The Kier molecular flexibility index (Phi) is 3.40. The second kappa shape index (κ2) is 4.57. The van der Waals surface area contributed by atoms with Crippen molar-refractivity contribution >= 4 is 5.97 Å². The second-order valence-electron chi connectivity index (χ2n) is 2.58. The molecule has 4 nitrogen and oxygen atoms in total. The highest BCUT2D eigenvalue weighted by molar-refractivity contribution is 5.65. The quantitative estimate of drug-likeness (QED) is 0.695. The van der Waals surface area contributed by atoms with Crippen LogP contribution < -0.4 is 0 Å². The smallest absolute Gasteiger partial charge is 0.302 e. The normalized spacial score (nSPS) is 9.69. The van der Waals surface area contributed by atoms with Gasteiger partial charge in [-0.05, 0) is 11.6 Å². The number of rotatable bonds is 3. The molecular weight excluding hydrogens is 170 g/mol. The van der Waals surface area contributed by atoms with Crippen molar-refractivity contribution < 1.29 is 14.6 Å². The largest absolute Gasteiger partial charge is 0.461 e. The number of aliphatic hydroxyl groups is 1. The molecule has 13 heavy (non-hydrogen) atoms. The average molecular weight is 181 g/mol. The van der Waals surface area contributed by atoms with E-state index in [0.29, 0.717) is 5.56 Å². The van der Waals surface area contributed by atoms with Gasteiger partial charge < -0.3 is 9.84 Å². The Bertz CT molecular complexity index is 299. The fourth-order valence-corrected chi connectivity index (χ4v) is 0.919. The van der Waals surface area contributed by atoms with E-state index < -0.39 is 0 Å². The molecule has 0 unspecified atom stereocenters. The SMILES string of the molecule is CC(=O)OCc1ccncc1CO. The summed E-state index contributed by atoms with van der Waals surface area (Å²) in [6, 6.07) is 1.72. The van der Waals surface area contributed by atoms with Gasteiger partial charge in [-0.2, -0.15) is 0 Å². The van der Waals surface area contributed by atoms with Gasteiger partial charge in [0.05, 0.1) is 6.61 Å². The lowest BCUT2D eigenvalue weighted by Gasteiger charge is -2.05. The second-order valence-corrected chi connectivity index (χ2v) is 2.58. The summed E-state index contributed by atoms with van der Waals surface area (Å²) in [4.78, 5) is 14.4. The van der Waals surface area contributed by atoms with Crippen molar-refractivity contribution in [1.29, 1.82) is 0 Å². The minimum Gasteiger partial charge on any atom is -0.461 e. The number of nitrogens with zero attached hydrogens (tertiary/aromatic N) is 1. The van der Waals surface area contributed by atoms with Crippen molar-refractivity contribution in [1.82, 2.24) is 4.98 Å². The first-order valence-electron chi connectivity index (χ1n) is 3.90. The van der Waals surface area contributed by atoms with Crippen LogP contribution in [0.2, 0.25) is 0 Å². The maximum Gasteiger partial charge on any atom is 0.302 e. The summed E-state index contributed by atoms with van der Waals surface area (Å²) < 4.78 is 4.79. The highest BCUT2D eigenvalue weighted by atomic mass is 16.5. The zero-order valence-electron chi connectivity index (χ0n) is 7.36. The van der Waals surface area contributed by atoms with Crippen molar-refractivity contribution in [3.05, 3.63) is 29.6 Å². The first-order valence-corrected chi connectivity index (χ1v) is 3.90. The summed E-state index contributed by atoms with van der Waals surface area (Å²) in [5.41, 5.74) is 1.47. The summed E-state index contributed by atoms with van der Waals surface area (Å²) in [5, 5.41) is 8.90. The molecule has 0 atom stereocenters. The third-order valence-electron chi connectivity index (χ3n) is 1.61. The highest BCUT2D eigenvalue weighted by Gasteiger charge is 2.02. The number of pyridine rings is 1. The van der Waals surface area contributed by atoms with E-state index in [1.54, 1.807) is 18.5 Å². The Morgan fingerprint density at radius 3 is 3.00 bits per heavy atom. The molecule has 0 aliphatic rings. The van der Waals surface area contributed by atoms with Crippen molar-refractivity contribution in [2.24, 2.45) is 0 Å². The van der Waals surface area contributed by atoms with Gasteiger partial charge in [0.2, 0.25) is 0 Å². The maximum atomic E-state index is 10.5. The van der Waals surface area contributed by atoms with Gasteiger partial charge >= 0.3 is 5.97 Å². The third-order valence-corrected chi connectivity index (χ3v) is 1.61. The molecular formula is C9H11NO3. The van der Waals surface area contributed by atoms with Crippen LogP contribution in [0, 0.1) is 0 Å². The van der Waals surface area contributed by atoms with Gasteiger partial charge in [0, 0.05) is 24.9 Å². The average Bonchev–Trinajstić information content (AvgIpc) is 2.15. The van der Waals surface area contributed by atoms with Crippen molar-refractivity contribution in [3.63, 3.8) is 0 Å². The van der Waals surface area contributed by atoms with Crippen LogP contribution in [-0.2, 0) is 22.7 Å². The molecule has 0 saturated carbocycles. The van der Waals surface area contributed by atoms with E-state index >= 15 is 0 Å². The van der Waals surface area contributed by atoms with E-state index in [1.807, 2.05) is 0 Å². The molecule has 0 spiro atoms. The Morgan fingerprint density at radius 2 is 2.38 bits per heavy atom. The van der Waals surface area contributed by atoms with Crippen LogP contribution >= 0.6 is 0 Å². The van der Waals surface area contributed by atoms with E-state index in [1.165, 1.54) is 6.92 Å². The van der Waals surface area contributed by atoms with Crippen LogP contribution in [0.25, 0.3) is 0 Å². The molecule has 0 saturated heterocycles. The van der Waals surface area contributed by atoms with Crippen LogP contribution in [0.5, 0.6) is 0 Å². The first-order chi connectivity index (χ1) is 6.24. The van der Waals surface area contributed by atoms with E-state index in [0.717, 1.165) is 5.56 Å². The molecule has 1 heterocycles. The van der Waals surface area contributed by atoms with Gasteiger partial charge in [0.25, 0.3) is 0 Å². The fourth-order valence-electron chi connectivity index (χ4n) is 0.919. The molecule has 0 aliphatic heterocycles. The topological polar surface area (TPSA) is 59.4 Å². The third kappa shape index (κ3) is 2.83. The summed E-state index contributed by atoms with van der Waals surface area (Å²) >= 11 is 0. The van der Waals surface area contributed by atoms with E-state index in [-0.39, 0.29) is 19.2 Å². The molecule has 70 valence electrons. The standard InChI is InChI=1S/C9H11NO3/c1-7(12)13-6-8-2-3-10-4-9(8)5-11/h2-4,11H,5-6H2,1H3. The molecule has 0 radical (unpaired) electrons. The lowest BCUT2D eigenvalue weighted by Crippen LogP contribution is -2.02. The molecule has 1 aromatic heterocycles. The molecule has 0 aromatic carbocycles. The lowest BCUT2D eigenvalue weighted by atomic mass is 10.1. The summed E-state index contributed by atoms with van der Waals surface area (Å²) in [5.74, 6) is -0.333. The Hall–Kier alpha value is -1.42. The number of carbonyl (C=O) groups is 1. The number of esters is 1. The maximum absolute atomic E-state index is 10.5. The Balaban J connectivity index is 2.69. The highest BCUT2D eigenvalue weighted by Crippen LogP contribution is 2.07. The number of aromatic nitrogens is 1. The number of hydrogen-bond donors (Lipinski definition) is 1. The summed E-state index contributed by atoms with van der Waals surface area (Å²) in [6.45, 7) is 1.44. The van der Waals surface area contributed by atoms with E-state index in [4.69, 9.17) is 9.84 Å². The molecule has 1 N–H and O–H groups in total. The molecule has 1 aromatic rings. The van der Waals surface area contributed by atoms with Crippen LogP contribution in [0.15, 0.2) is 18.5 Å². The number of ether oxygens (including phenoxy) is 1. The van der Waals surface area contributed by atoms with E-state index in [9.17, 15) is 4.79 Å². The van der Waals surface area contributed by atoms with Crippen molar-refractivity contribution in [2.75, 3.05) is 0 Å². The van der Waals surface area contributed by atoms with E-state index in [2.05, 4.69) is 4.98 Å². The fraction of sp³-hybridized carbons (Fsp3) is 0.333. The number of hydrogen-bond acceptors (Lipinski definition) is 4. The first kappa shape index (κ1) is 9.67. The number of aliphatic hydroxyl groups excluding tert-OH is 1. The molecule has 0 aliphatic carbocycles. The molecule has 0 bridgehead atoms. The van der Waals surface area contributed by atoms with Gasteiger partial charge in [0.1, 0.15) is 6.61 Å². The molecule has 1 rings (SSSR count). The molecule has 0 fully saturated rings. The summed E-state index contributed by atoms with van der Waals surface area (Å²) in [6.07, 6.45) is 3.15. The minimum absolute atomic E-state index is 0.0928. The number of carbonyl (C=O) groups excluding carboxylic acids is 1. The zero-order valence-corrected chi connectivity index (χ0v) is 7.36. The zero-order chi connectivity index (χ0) is 9.68. The Morgan fingerprint density at radius 1 is 1.62 bits per heavy atom. The Labute approximate surface area is 76.2 Å². The van der Waals surface area contributed by atoms with Crippen LogP contribution in [0.4, 0.5) is 0 Å². The molecule has 0 amide bonds. The van der Waals surface area contributed by atoms with Crippen LogP contribution in [-0.4, -0.2) is 16.1 Å². The lowest BCUT2D eigenvalue weighted by molar-refractivity contribution is -0.142.